The normalized spacial score (nSPS) is 18.9. The average Bonchev–Trinajstić information content (AvgIpc) is 3.15. The van der Waals surface area contributed by atoms with Crippen LogP contribution in [-0.2, 0) is 29.7 Å². The molecule has 0 fully saturated rings. The summed E-state index contributed by atoms with van der Waals surface area (Å²) in [5, 5.41) is 0. The number of rotatable bonds is 6. The van der Waals surface area contributed by atoms with Crippen LogP contribution >= 0.6 is 0 Å². The lowest BCUT2D eigenvalue weighted by Crippen LogP contribution is -2.36. The van der Waals surface area contributed by atoms with Crippen LogP contribution in [0.2, 0.25) is 0 Å². The zero-order chi connectivity index (χ0) is 17.3. The largest absolute Gasteiger partial charge is 0.463 e. The summed E-state index contributed by atoms with van der Waals surface area (Å²) in [6.45, 7) is 5.18. The molecule has 1 aliphatic rings. The average molecular weight is 351 g/mol. The molecule has 2 aromatic rings. The molecule has 0 saturated heterocycles. The first-order valence-corrected chi connectivity index (χ1v) is 10.1. The number of hydrogen-bond donors (Lipinski definition) is 0. The molecule has 2 aromatic heterocycles. The molecular weight excluding hydrogens is 326 g/mol. The highest BCUT2D eigenvalue weighted by Crippen LogP contribution is 2.30. The molecule has 3 rings (SSSR count). The summed E-state index contributed by atoms with van der Waals surface area (Å²) in [4.78, 5) is 2.43. The summed E-state index contributed by atoms with van der Waals surface area (Å²) < 4.78 is 32.5. The first-order chi connectivity index (χ1) is 11.4. The van der Waals surface area contributed by atoms with Gasteiger partial charge in [-0.3, -0.25) is 4.90 Å². The van der Waals surface area contributed by atoms with Crippen LogP contribution in [0.4, 0.5) is 0 Å². The van der Waals surface area contributed by atoms with E-state index in [9.17, 15) is 8.42 Å². The molecule has 0 radical (unpaired) electrons. The predicted molar refractivity (Wildman–Crippen MR) is 92.9 cm³/mol. The highest BCUT2D eigenvalue weighted by atomic mass is 32.2. The Bertz CT molecular complexity index is 794. The fourth-order valence-corrected chi connectivity index (χ4v) is 3.66. The summed E-state index contributed by atoms with van der Waals surface area (Å²) >= 11 is 0. The number of hydrogen-bond acceptors (Lipinski definition) is 4. The molecule has 0 N–H and O–H groups in total. The Morgan fingerprint density at radius 1 is 1.25 bits per heavy atom. The van der Waals surface area contributed by atoms with E-state index in [0.717, 1.165) is 31.8 Å². The van der Waals surface area contributed by atoms with Crippen molar-refractivity contribution in [2.75, 3.05) is 19.8 Å². The number of fused-ring (bicyclic) bond motifs is 1. The van der Waals surface area contributed by atoms with Gasteiger partial charge in [0.05, 0.1) is 25.4 Å². The second-order valence-corrected chi connectivity index (χ2v) is 8.50. The topological polar surface area (TPSA) is 58.7 Å². The lowest BCUT2D eigenvalue weighted by molar-refractivity contribution is 0.132. The van der Waals surface area contributed by atoms with Crippen LogP contribution < -0.4 is 0 Å². The van der Waals surface area contributed by atoms with Gasteiger partial charge in [0.15, 0.2) is 0 Å². The summed E-state index contributed by atoms with van der Waals surface area (Å²) in [6.07, 6.45) is 4.39. The fraction of sp³-hybridized carbons (Fsp3) is 0.529. The lowest BCUT2D eigenvalue weighted by Gasteiger charge is -2.36. The van der Waals surface area contributed by atoms with Crippen LogP contribution in [-0.4, -0.2) is 42.0 Å². The minimum absolute atomic E-state index is 0.263. The van der Waals surface area contributed by atoms with Crippen molar-refractivity contribution in [1.82, 2.24) is 13.8 Å². The molecule has 0 amide bonds. The van der Waals surface area contributed by atoms with Crippen molar-refractivity contribution in [3.63, 3.8) is 0 Å². The van der Waals surface area contributed by atoms with Gasteiger partial charge in [-0.2, -0.15) is 4.31 Å². The Kier molecular flexibility index (Phi) is 4.85. The van der Waals surface area contributed by atoms with Gasteiger partial charge in [0.2, 0.25) is 10.0 Å². The highest BCUT2D eigenvalue weighted by Gasteiger charge is 2.26. The summed E-state index contributed by atoms with van der Waals surface area (Å²) in [5.74, 6) is 1.55. The molecule has 7 heteroatoms. The van der Waals surface area contributed by atoms with Crippen LogP contribution in [0.3, 0.4) is 0 Å². The molecule has 132 valence electrons. The van der Waals surface area contributed by atoms with E-state index in [1.165, 1.54) is 16.3 Å². The number of furan rings is 1. The summed E-state index contributed by atoms with van der Waals surface area (Å²) in [5.41, 5.74) is 1.35. The smallest absolute Gasteiger partial charge is 0.211 e. The lowest BCUT2D eigenvalue weighted by atomic mass is 10.1. The Morgan fingerprint density at radius 2 is 2.00 bits per heavy atom. The van der Waals surface area contributed by atoms with Gasteiger partial charge in [-0.25, -0.2) is 8.42 Å². The first kappa shape index (κ1) is 17.3. The minimum Gasteiger partial charge on any atom is -0.463 e. The zero-order valence-electron chi connectivity index (χ0n) is 14.5. The second-order valence-electron chi connectivity index (χ2n) is 6.41. The monoisotopic (exact) mass is 351 g/mol. The van der Waals surface area contributed by atoms with Crippen LogP contribution in [0, 0.1) is 0 Å². The third-order valence-corrected chi connectivity index (χ3v) is 5.94. The number of aromatic nitrogens is 1. The SMILES string of the molecule is CCC1c2cccn2CCN1Cc1ccc(CN(C)S(C)(=O)=O)o1. The molecule has 1 aliphatic heterocycles. The van der Waals surface area contributed by atoms with Crippen molar-refractivity contribution in [3.05, 3.63) is 47.7 Å². The maximum atomic E-state index is 11.5. The minimum atomic E-state index is -3.20. The Balaban J connectivity index is 1.69. The van der Waals surface area contributed by atoms with Gasteiger partial charge in [0.25, 0.3) is 0 Å². The van der Waals surface area contributed by atoms with Crippen molar-refractivity contribution in [2.45, 2.75) is 39.0 Å². The van der Waals surface area contributed by atoms with E-state index in [1.807, 2.05) is 12.1 Å². The molecule has 0 aromatic carbocycles. The molecule has 1 unspecified atom stereocenters. The van der Waals surface area contributed by atoms with Gasteiger partial charge < -0.3 is 8.98 Å². The molecule has 3 heterocycles. The zero-order valence-corrected chi connectivity index (χ0v) is 15.3. The molecule has 24 heavy (non-hydrogen) atoms. The van der Waals surface area contributed by atoms with Crippen LogP contribution in [0.5, 0.6) is 0 Å². The quantitative estimate of drug-likeness (QED) is 0.802. The van der Waals surface area contributed by atoms with E-state index in [0.29, 0.717) is 11.8 Å². The van der Waals surface area contributed by atoms with Crippen LogP contribution in [0.15, 0.2) is 34.9 Å². The maximum Gasteiger partial charge on any atom is 0.211 e. The number of nitrogens with zero attached hydrogens (tertiary/aromatic N) is 3. The standard InChI is InChI=1S/C17H25N3O3S/c1-4-16-17-6-5-9-19(17)10-11-20(16)13-15-8-7-14(23-15)12-18(2)24(3,21)22/h5-9,16H,4,10-13H2,1-3H3. The number of sulfonamides is 1. The van der Waals surface area contributed by atoms with Crippen LogP contribution in [0.25, 0.3) is 0 Å². The first-order valence-electron chi connectivity index (χ1n) is 8.26. The van der Waals surface area contributed by atoms with E-state index < -0.39 is 10.0 Å². The van der Waals surface area contributed by atoms with E-state index in [4.69, 9.17) is 4.42 Å². The molecule has 6 nitrogen and oxygen atoms in total. The van der Waals surface area contributed by atoms with Gasteiger partial charge >= 0.3 is 0 Å². The fourth-order valence-electron chi connectivity index (χ4n) is 3.30. The van der Waals surface area contributed by atoms with Gasteiger partial charge in [0, 0.05) is 32.0 Å². The molecular formula is C17H25N3O3S. The Hall–Kier alpha value is -1.57. The van der Waals surface area contributed by atoms with Crippen molar-refractivity contribution in [1.29, 1.82) is 0 Å². The van der Waals surface area contributed by atoms with Crippen LogP contribution in [0.1, 0.15) is 36.6 Å². The van der Waals surface area contributed by atoms with E-state index >= 15 is 0 Å². The predicted octanol–water partition coefficient (Wildman–Crippen LogP) is 2.44. The third kappa shape index (κ3) is 3.58. The molecule has 0 bridgehead atoms. The van der Waals surface area contributed by atoms with Gasteiger partial charge in [-0.05, 0) is 30.7 Å². The summed E-state index contributed by atoms with van der Waals surface area (Å²) in [7, 11) is -1.64. The van der Waals surface area contributed by atoms with E-state index in [2.05, 4.69) is 34.7 Å². The van der Waals surface area contributed by atoms with Crippen molar-refractivity contribution >= 4 is 10.0 Å². The Labute approximate surface area is 143 Å². The van der Waals surface area contributed by atoms with Gasteiger partial charge in [0.1, 0.15) is 11.5 Å². The third-order valence-electron chi connectivity index (χ3n) is 4.68. The van der Waals surface area contributed by atoms with Crippen molar-refractivity contribution in [3.8, 4) is 0 Å². The van der Waals surface area contributed by atoms with Gasteiger partial charge in [-0.15, -0.1) is 0 Å². The van der Waals surface area contributed by atoms with E-state index in [-0.39, 0.29) is 6.54 Å². The Morgan fingerprint density at radius 3 is 2.71 bits per heavy atom. The van der Waals surface area contributed by atoms with Crippen molar-refractivity contribution < 1.29 is 12.8 Å². The molecule has 0 spiro atoms. The maximum absolute atomic E-state index is 11.5. The second kappa shape index (κ2) is 6.74. The van der Waals surface area contributed by atoms with Gasteiger partial charge in [-0.1, -0.05) is 6.92 Å². The highest BCUT2D eigenvalue weighted by molar-refractivity contribution is 7.88. The van der Waals surface area contributed by atoms with Crippen molar-refractivity contribution in [2.24, 2.45) is 0 Å². The summed E-state index contributed by atoms with van der Waals surface area (Å²) in [6, 6.07) is 8.50. The molecule has 0 saturated carbocycles. The molecule has 1 atom stereocenters. The van der Waals surface area contributed by atoms with E-state index in [1.54, 1.807) is 7.05 Å². The molecule has 0 aliphatic carbocycles.